The zero-order valence-electron chi connectivity index (χ0n) is 18.4. The van der Waals surface area contributed by atoms with Gasteiger partial charge in [-0.25, -0.2) is 4.39 Å². The maximum absolute atomic E-state index is 13.4. The van der Waals surface area contributed by atoms with Gasteiger partial charge in [0.25, 0.3) is 0 Å². The number of carbonyl (C=O) groups is 2. The second-order valence-corrected chi connectivity index (χ2v) is 8.39. The summed E-state index contributed by atoms with van der Waals surface area (Å²) in [6, 6.07) is 14.3. The van der Waals surface area contributed by atoms with Crippen molar-refractivity contribution in [1.29, 1.82) is 0 Å². The predicted octanol–water partition coefficient (Wildman–Crippen LogP) is 2.93. The van der Waals surface area contributed by atoms with Crippen LogP contribution in [0.4, 0.5) is 10.1 Å². The monoisotopic (exact) mass is 439 g/mol. The molecule has 6 nitrogen and oxygen atoms in total. The molecular weight excluding hydrogens is 409 g/mol. The standard InChI is InChI=1S/C25H30FN3O3/c1-2-18-3-9-22(10-4-18)29-17-20(15-24(29)30)25(31)27-16-23(28-11-13-32-14-12-28)19-5-7-21(26)8-6-19/h3-10,20,23H,2,11-17H2,1H3,(H,27,31)/t20-,23+/m1/s1. The molecule has 4 rings (SSSR count). The molecule has 2 aromatic rings. The lowest BCUT2D eigenvalue weighted by Crippen LogP contribution is -2.45. The van der Waals surface area contributed by atoms with E-state index < -0.39 is 0 Å². The van der Waals surface area contributed by atoms with Crippen LogP contribution in [0.1, 0.15) is 30.5 Å². The van der Waals surface area contributed by atoms with Gasteiger partial charge < -0.3 is 15.0 Å². The minimum atomic E-state index is -0.382. The van der Waals surface area contributed by atoms with E-state index in [1.54, 1.807) is 17.0 Å². The molecule has 0 saturated carbocycles. The Bertz CT molecular complexity index is 926. The number of carbonyl (C=O) groups excluding carboxylic acids is 2. The molecule has 2 aromatic carbocycles. The summed E-state index contributed by atoms with van der Waals surface area (Å²) < 4.78 is 18.9. The highest BCUT2D eigenvalue weighted by Gasteiger charge is 2.35. The molecule has 170 valence electrons. The molecule has 0 bridgehead atoms. The average molecular weight is 440 g/mol. The first-order chi connectivity index (χ1) is 15.5. The Morgan fingerprint density at radius 3 is 2.47 bits per heavy atom. The van der Waals surface area contributed by atoms with E-state index >= 15 is 0 Å². The molecule has 7 heteroatoms. The second kappa shape index (κ2) is 10.2. The Morgan fingerprint density at radius 2 is 1.81 bits per heavy atom. The number of morpholine rings is 1. The molecule has 2 atom stereocenters. The Balaban J connectivity index is 1.40. The van der Waals surface area contributed by atoms with Gasteiger partial charge in [-0.05, 0) is 41.8 Å². The van der Waals surface area contributed by atoms with E-state index in [9.17, 15) is 14.0 Å². The van der Waals surface area contributed by atoms with Crippen LogP contribution in [0.5, 0.6) is 0 Å². The summed E-state index contributed by atoms with van der Waals surface area (Å²) in [6.07, 6.45) is 1.15. The highest BCUT2D eigenvalue weighted by molar-refractivity contribution is 6.00. The van der Waals surface area contributed by atoms with Gasteiger partial charge in [-0.2, -0.15) is 0 Å². The van der Waals surface area contributed by atoms with Crippen molar-refractivity contribution in [2.75, 3.05) is 44.3 Å². The summed E-state index contributed by atoms with van der Waals surface area (Å²) >= 11 is 0. The second-order valence-electron chi connectivity index (χ2n) is 8.39. The van der Waals surface area contributed by atoms with Crippen molar-refractivity contribution in [3.05, 3.63) is 65.5 Å². The summed E-state index contributed by atoms with van der Waals surface area (Å²) in [5, 5.41) is 3.05. The fraction of sp³-hybridized carbons (Fsp3) is 0.440. The molecule has 2 amide bonds. The third kappa shape index (κ3) is 5.16. The third-order valence-electron chi connectivity index (χ3n) is 6.36. The average Bonchev–Trinajstić information content (AvgIpc) is 3.22. The first kappa shape index (κ1) is 22.4. The quantitative estimate of drug-likeness (QED) is 0.721. The van der Waals surface area contributed by atoms with E-state index in [1.807, 2.05) is 24.3 Å². The van der Waals surface area contributed by atoms with Crippen molar-refractivity contribution < 1.29 is 18.7 Å². The smallest absolute Gasteiger partial charge is 0.227 e. The zero-order chi connectivity index (χ0) is 22.5. The molecule has 0 spiro atoms. The van der Waals surface area contributed by atoms with Crippen molar-refractivity contribution in [2.45, 2.75) is 25.8 Å². The highest BCUT2D eigenvalue weighted by Crippen LogP contribution is 2.26. The number of nitrogens with one attached hydrogen (secondary N) is 1. The van der Waals surface area contributed by atoms with Crippen LogP contribution in [0.3, 0.4) is 0 Å². The molecule has 32 heavy (non-hydrogen) atoms. The Hall–Kier alpha value is -2.77. The lowest BCUT2D eigenvalue weighted by molar-refractivity contribution is -0.126. The SMILES string of the molecule is CCc1ccc(N2C[C@H](C(=O)NC[C@@H](c3ccc(F)cc3)N3CCOCC3)CC2=O)cc1. The Kier molecular flexibility index (Phi) is 7.17. The van der Waals surface area contributed by atoms with E-state index in [0.717, 1.165) is 30.8 Å². The number of benzene rings is 2. The number of ether oxygens (including phenoxy) is 1. The van der Waals surface area contributed by atoms with Crippen molar-refractivity contribution in [1.82, 2.24) is 10.2 Å². The lowest BCUT2D eigenvalue weighted by atomic mass is 10.0. The minimum absolute atomic E-state index is 0.0299. The van der Waals surface area contributed by atoms with Crippen LogP contribution in [-0.2, 0) is 20.7 Å². The van der Waals surface area contributed by atoms with E-state index in [-0.39, 0.29) is 36.0 Å². The number of anilines is 1. The number of nitrogens with zero attached hydrogens (tertiary/aromatic N) is 2. The molecule has 0 radical (unpaired) electrons. The van der Waals surface area contributed by atoms with Crippen LogP contribution in [0.15, 0.2) is 48.5 Å². The summed E-state index contributed by atoms with van der Waals surface area (Å²) in [5.41, 5.74) is 3.00. The molecule has 2 aliphatic rings. The van der Waals surface area contributed by atoms with E-state index in [0.29, 0.717) is 26.3 Å². The molecule has 2 heterocycles. The van der Waals surface area contributed by atoms with Crippen LogP contribution < -0.4 is 10.2 Å². The van der Waals surface area contributed by atoms with E-state index in [2.05, 4.69) is 17.1 Å². The van der Waals surface area contributed by atoms with Crippen molar-refractivity contribution >= 4 is 17.5 Å². The largest absolute Gasteiger partial charge is 0.379 e. The Labute approximate surface area is 188 Å². The van der Waals surface area contributed by atoms with Gasteiger partial charge in [0.05, 0.1) is 25.2 Å². The first-order valence-electron chi connectivity index (χ1n) is 11.3. The van der Waals surface area contributed by atoms with Gasteiger partial charge in [0.2, 0.25) is 11.8 Å². The number of rotatable bonds is 7. The summed E-state index contributed by atoms with van der Waals surface area (Å²) in [4.78, 5) is 29.5. The molecule has 2 fully saturated rings. The maximum atomic E-state index is 13.4. The van der Waals surface area contributed by atoms with Gasteiger partial charge in [-0.3, -0.25) is 14.5 Å². The van der Waals surface area contributed by atoms with Gasteiger partial charge in [-0.1, -0.05) is 31.2 Å². The number of hydrogen-bond acceptors (Lipinski definition) is 4. The molecule has 0 aromatic heterocycles. The van der Waals surface area contributed by atoms with Crippen LogP contribution in [0.2, 0.25) is 0 Å². The topological polar surface area (TPSA) is 61.9 Å². The fourth-order valence-corrected chi connectivity index (χ4v) is 4.42. The van der Waals surface area contributed by atoms with Gasteiger partial charge in [0.1, 0.15) is 5.82 Å². The van der Waals surface area contributed by atoms with Crippen molar-refractivity contribution in [2.24, 2.45) is 5.92 Å². The van der Waals surface area contributed by atoms with Crippen LogP contribution >= 0.6 is 0 Å². The molecule has 2 saturated heterocycles. The van der Waals surface area contributed by atoms with Gasteiger partial charge in [-0.15, -0.1) is 0 Å². The van der Waals surface area contributed by atoms with Crippen LogP contribution in [-0.4, -0.2) is 56.1 Å². The molecule has 1 N–H and O–H groups in total. The Morgan fingerprint density at radius 1 is 1.12 bits per heavy atom. The maximum Gasteiger partial charge on any atom is 0.227 e. The third-order valence-corrected chi connectivity index (χ3v) is 6.36. The van der Waals surface area contributed by atoms with E-state index in [4.69, 9.17) is 4.74 Å². The molecule has 2 aliphatic heterocycles. The van der Waals surface area contributed by atoms with Crippen LogP contribution in [0.25, 0.3) is 0 Å². The normalized spacial score (nSPS) is 20.4. The molecule has 0 unspecified atom stereocenters. The number of aryl methyl sites for hydroxylation is 1. The predicted molar refractivity (Wildman–Crippen MR) is 121 cm³/mol. The van der Waals surface area contributed by atoms with Crippen molar-refractivity contribution in [3.8, 4) is 0 Å². The fourth-order valence-electron chi connectivity index (χ4n) is 4.42. The first-order valence-corrected chi connectivity index (χ1v) is 11.3. The summed E-state index contributed by atoms with van der Waals surface area (Å²) in [6.45, 7) is 5.65. The lowest BCUT2D eigenvalue weighted by Gasteiger charge is -2.35. The molecular formula is C25H30FN3O3. The van der Waals surface area contributed by atoms with E-state index in [1.165, 1.54) is 17.7 Å². The van der Waals surface area contributed by atoms with Gasteiger partial charge in [0, 0.05) is 38.3 Å². The highest BCUT2D eigenvalue weighted by atomic mass is 19.1. The van der Waals surface area contributed by atoms with Crippen LogP contribution in [0, 0.1) is 11.7 Å². The van der Waals surface area contributed by atoms with Crippen molar-refractivity contribution in [3.63, 3.8) is 0 Å². The molecule has 0 aliphatic carbocycles. The van der Waals surface area contributed by atoms with Gasteiger partial charge >= 0.3 is 0 Å². The number of halogens is 1. The number of hydrogen-bond donors (Lipinski definition) is 1. The zero-order valence-corrected chi connectivity index (χ0v) is 18.4. The van der Waals surface area contributed by atoms with Gasteiger partial charge in [0.15, 0.2) is 0 Å². The number of amides is 2. The summed E-state index contributed by atoms with van der Waals surface area (Å²) in [7, 11) is 0. The summed E-state index contributed by atoms with van der Waals surface area (Å²) in [5.74, 6) is -0.814. The minimum Gasteiger partial charge on any atom is -0.379 e.